The second-order valence-corrected chi connectivity index (χ2v) is 5.87. The van der Waals surface area contributed by atoms with Gasteiger partial charge >= 0.3 is 0 Å². The van der Waals surface area contributed by atoms with Crippen molar-refractivity contribution in [1.82, 2.24) is 0 Å². The van der Waals surface area contributed by atoms with Crippen LogP contribution in [0.4, 0.5) is 15.8 Å². The van der Waals surface area contributed by atoms with E-state index < -0.39 is 0 Å². The lowest BCUT2D eigenvalue weighted by Crippen LogP contribution is -2.29. The van der Waals surface area contributed by atoms with Gasteiger partial charge in [-0.1, -0.05) is 24.3 Å². The first-order valence-corrected chi connectivity index (χ1v) is 7.30. The number of nitrogens with two attached hydrogens (primary N) is 1. The van der Waals surface area contributed by atoms with E-state index in [1.807, 2.05) is 24.3 Å². The first-order valence-electron chi connectivity index (χ1n) is 7.30. The maximum Gasteiger partial charge on any atom is 0.123 e. The van der Waals surface area contributed by atoms with Crippen molar-refractivity contribution in [3.05, 3.63) is 71.6 Å². The van der Waals surface area contributed by atoms with Crippen molar-refractivity contribution in [3.63, 3.8) is 0 Å². The van der Waals surface area contributed by atoms with Crippen molar-refractivity contribution in [2.75, 3.05) is 11.1 Å². The lowest BCUT2D eigenvalue weighted by atomic mass is 9.77. The van der Waals surface area contributed by atoms with Crippen molar-refractivity contribution in [2.45, 2.75) is 18.4 Å². The third-order valence-corrected chi connectivity index (χ3v) is 4.62. The molecular formula is C18H17FN2. The fraction of sp³-hybridized carbons (Fsp3) is 0.222. The van der Waals surface area contributed by atoms with Gasteiger partial charge in [0, 0.05) is 17.3 Å². The number of hydrogen-bond acceptors (Lipinski definition) is 2. The summed E-state index contributed by atoms with van der Waals surface area (Å²) in [5.74, 6) is 0.661. The van der Waals surface area contributed by atoms with Crippen LogP contribution in [0, 0.1) is 11.7 Å². The molecule has 0 radical (unpaired) electrons. The molecule has 2 aliphatic rings. The third-order valence-electron chi connectivity index (χ3n) is 4.62. The van der Waals surface area contributed by atoms with Crippen LogP contribution < -0.4 is 11.1 Å². The van der Waals surface area contributed by atoms with E-state index in [1.54, 1.807) is 0 Å². The zero-order chi connectivity index (χ0) is 14.4. The highest BCUT2D eigenvalue weighted by atomic mass is 19.1. The van der Waals surface area contributed by atoms with E-state index in [0.29, 0.717) is 11.8 Å². The van der Waals surface area contributed by atoms with Crippen LogP contribution in [0.1, 0.15) is 29.5 Å². The van der Waals surface area contributed by atoms with Crippen molar-refractivity contribution >= 4 is 11.4 Å². The molecule has 0 saturated heterocycles. The molecule has 2 nitrogen and oxygen atoms in total. The van der Waals surface area contributed by atoms with Gasteiger partial charge in [0.1, 0.15) is 5.82 Å². The minimum Gasteiger partial charge on any atom is -0.399 e. The SMILES string of the molecule is Nc1ccc2c(c1)C1C=CCC1C(c1ccc(F)cc1)N2. The van der Waals surface area contributed by atoms with E-state index in [-0.39, 0.29) is 11.9 Å². The molecular weight excluding hydrogens is 263 g/mol. The molecule has 4 rings (SSSR count). The summed E-state index contributed by atoms with van der Waals surface area (Å²) in [5.41, 5.74) is 10.3. The van der Waals surface area contributed by atoms with E-state index in [9.17, 15) is 4.39 Å². The number of nitrogen functional groups attached to an aromatic ring is 1. The van der Waals surface area contributed by atoms with Gasteiger partial charge in [0.05, 0.1) is 6.04 Å². The molecule has 3 atom stereocenters. The molecule has 1 aliphatic carbocycles. The third kappa shape index (κ3) is 2.00. The predicted octanol–water partition coefficient (Wildman–Crippen LogP) is 4.23. The summed E-state index contributed by atoms with van der Waals surface area (Å²) >= 11 is 0. The average molecular weight is 280 g/mol. The van der Waals surface area contributed by atoms with Crippen LogP contribution in [0.5, 0.6) is 0 Å². The molecule has 3 N–H and O–H groups in total. The van der Waals surface area contributed by atoms with Gasteiger partial charge in [-0.05, 0) is 53.8 Å². The minimum absolute atomic E-state index is 0.191. The molecule has 0 fully saturated rings. The summed E-state index contributed by atoms with van der Waals surface area (Å²) in [6.07, 6.45) is 5.56. The summed E-state index contributed by atoms with van der Waals surface area (Å²) in [4.78, 5) is 0. The van der Waals surface area contributed by atoms with Gasteiger partial charge in [0.2, 0.25) is 0 Å². The first kappa shape index (κ1) is 12.5. The van der Waals surface area contributed by atoms with E-state index in [2.05, 4.69) is 23.5 Å². The van der Waals surface area contributed by atoms with Gasteiger partial charge in [-0.15, -0.1) is 0 Å². The Morgan fingerprint density at radius 1 is 1.10 bits per heavy atom. The van der Waals surface area contributed by atoms with Gasteiger partial charge in [-0.3, -0.25) is 0 Å². The van der Waals surface area contributed by atoms with E-state index in [4.69, 9.17) is 5.73 Å². The molecule has 0 saturated carbocycles. The van der Waals surface area contributed by atoms with E-state index >= 15 is 0 Å². The Morgan fingerprint density at radius 3 is 2.71 bits per heavy atom. The standard InChI is InChI=1S/C18H17FN2/c19-12-6-4-11(5-7-12)18-15-3-1-2-14(15)16-10-13(20)8-9-17(16)21-18/h1-2,4-10,14-15,18,21H,3,20H2. The van der Waals surface area contributed by atoms with Gasteiger partial charge < -0.3 is 11.1 Å². The van der Waals surface area contributed by atoms with Crippen LogP contribution >= 0.6 is 0 Å². The number of anilines is 2. The Hall–Kier alpha value is -2.29. The van der Waals surface area contributed by atoms with Crippen molar-refractivity contribution in [1.29, 1.82) is 0 Å². The fourth-order valence-electron chi connectivity index (χ4n) is 3.61. The molecule has 106 valence electrons. The molecule has 2 aromatic rings. The summed E-state index contributed by atoms with van der Waals surface area (Å²) in [7, 11) is 0. The fourth-order valence-corrected chi connectivity index (χ4v) is 3.61. The maximum absolute atomic E-state index is 13.2. The highest BCUT2D eigenvalue weighted by Crippen LogP contribution is 2.50. The van der Waals surface area contributed by atoms with Crippen molar-refractivity contribution in [3.8, 4) is 0 Å². The van der Waals surface area contributed by atoms with Gasteiger partial charge in [-0.25, -0.2) is 4.39 Å². The van der Waals surface area contributed by atoms with Crippen LogP contribution in [-0.2, 0) is 0 Å². The molecule has 1 heterocycles. The summed E-state index contributed by atoms with van der Waals surface area (Å²) in [5, 5.41) is 3.61. The van der Waals surface area contributed by atoms with Crippen LogP contribution in [0.3, 0.4) is 0 Å². The quantitative estimate of drug-likeness (QED) is 0.606. The number of halogens is 1. The Morgan fingerprint density at radius 2 is 1.90 bits per heavy atom. The molecule has 0 bridgehead atoms. The number of benzene rings is 2. The Kier molecular flexibility index (Phi) is 2.74. The summed E-state index contributed by atoms with van der Waals surface area (Å²) < 4.78 is 13.2. The second kappa shape index (κ2) is 4.62. The van der Waals surface area contributed by atoms with Gasteiger partial charge in [0.15, 0.2) is 0 Å². The van der Waals surface area contributed by atoms with Crippen molar-refractivity contribution < 1.29 is 4.39 Å². The normalized spacial score (nSPS) is 26.0. The predicted molar refractivity (Wildman–Crippen MR) is 83.6 cm³/mol. The molecule has 3 unspecified atom stereocenters. The zero-order valence-electron chi connectivity index (χ0n) is 11.6. The Balaban J connectivity index is 1.78. The topological polar surface area (TPSA) is 38.0 Å². The molecule has 21 heavy (non-hydrogen) atoms. The van der Waals surface area contributed by atoms with E-state index in [1.165, 1.54) is 17.7 Å². The number of fused-ring (bicyclic) bond motifs is 3. The molecule has 0 amide bonds. The maximum atomic E-state index is 13.2. The number of nitrogens with one attached hydrogen (secondary N) is 1. The van der Waals surface area contributed by atoms with Crippen LogP contribution in [0.2, 0.25) is 0 Å². The lowest BCUT2D eigenvalue weighted by Gasteiger charge is -2.37. The number of hydrogen-bond donors (Lipinski definition) is 2. The number of allylic oxidation sites excluding steroid dienone is 2. The smallest absolute Gasteiger partial charge is 0.123 e. The molecule has 3 heteroatoms. The number of rotatable bonds is 1. The van der Waals surface area contributed by atoms with Crippen LogP contribution in [0.25, 0.3) is 0 Å². The zero-order valence-corrected chi connectivity index (χ0v) is 11.6. The molecule has 2 aromatic carbocycles. The minimum atomic E-state index is -0.191. The Bertz CT molecular complexity index is 706. The molecule has 0 aromatic heterocycles. The molecule has 1 aliphatic heterocycles. The first-order chi connectivity index (χ1) is 10.2. The molecule has 0 spiro atoms. The van der Waals surface area contributed by atoms with E-state index in [0.717, 1.165) is 23.4 Å². The van der Waals surface area contributed by atoms with Gasteiger partial charge in [0.25, 0.3) is 0 Å². The highest BCUT2D eigenvalue weighted by Gasteiger charge is 2.37. The summed E-state index contributed by atoms with van der Waals surface area (Å²) in [6.45, 7) is 0. The Labute approximate surface area is 123 Å². The largest absolute Gasteiger partial charge is 0.399 e. The van der Waals surface area contributed by atoms with Crippen LogP contribution in [-0.4, -0.2) is 0 Å². The summed E-state index contributed by atoms with van der Waals surface area (Å²) in [6, 6.07) is 13.1. The van der Waals surface area contributed by atoms with Crippen LogP contribution in [0.15, 0.2) is 54.6 Å². The van der Waals surface area contributed by atoms with Crippen molar-refractivity contribution in [2.24, 2.45) is 5.92 Å². The second-order valence-electron chi connectivity index (χ2n) is 5.87. The highest BCUT2D eigenvalue weighted by molar-refractivity contribution is 5.64. The lowest BCUT2D eigenvalue weighted by molar-refractivity contribution is 0.425. The average Bonchev–Trinajstić information content (AvgIpc) is 2.97. The van der Waals surface area contributed by atoms with Gasteiger partial charge in [-0.2, -0.15) is 0 Å². The monoisotopic (exact) mass is 280 g/mol.